The highest BCUT2D eigenvalue weighted by molar-refractivity contribution is 14.1. The van der Waals surface area contributed by atoms with Crippen LogP contribution >= 0.6 is 80.0 Å². The Balaban J connectivity index is 1.86. The van der Waals surface area contributed by atoms with Crippen LogP contribution < -0.4 is 4.74 Å². The lowest BCUT2D eigenvalue weighted by Gasteiger charge is -2.31. The van der Waals surface area contributed by atoms with E-state index < -0.39 is 11.8 Å². The zero-order valence-corrected chi connectivity index (χ0v) is 22.7. The van der Waals surface area contributed by atoms with E-state index >= 15 is 0 Å². The number of hydrogen-bond acceptors (Lipinski definition) is 4. The highest BCUT2D eigenvalue weighted by atomic mass is 127. The molecule has 0 radical (unpaired) electrons. The van der Waals surface area contributed by atoms with E-state index in [-0.39, 0.29) is 10.7 Å². The van der Waals surface area contributed by atoms with Gasteiger partial charge in [-0.2, -0.15) is 0 Å². The molecule has 1 aliphatic rings. The molecule has 29 heavy (non-hydrogen) atoms. The van der Waals surface area contributed by atoms with Crippen LogP contribution in [0, 0.1) is 10.7 Å². The number of amides is 2. The molecule has 3 rings (SSSR count). The first-order valence-corrected chi connectivity index (χ1v) is 12.0. The molecule has 0 unspecified atom stereocenters. The van der Waals surface area contributed by atoms with Gasteiger partial charge in [-0.05, 0) is 121 Å². The number of hydrogen-bond donors (Lipinski definition) is 0. The summed E-state index contributed by atoms with van der Waals surface area (Å²) in [7, 11) is 3.13. The first-order chi connectivity index (χ1) is 13.7. The fraction of sp³-hybridized carbons (Fsp3) is 0.150. The Morgan fingerprint density at radius 3 is 2.00 bits per heavy atom. The van der Waals surface area contributed by atoms with Gasteiger partial charge in [0.05, 0.1) is 7.14 Å². The van der Waals surface area contributed by atoms with Gasteiger partial charge in [-0.3, -0.25) is 19.4 Å². The lowest BCUT2D eigenvalue weighted by atomic mass is 10.1. The number of carbonyl (C=O) groups excluding carboxylic acids is 2. The van der Waals surface area contributed by atoms with Crippen molar-refractivity contribution in [1.82, 2.24) is 9.80 Å². The monoisotopic (exact) mass is 744 g/mol. The predicted octanol–water partition coefficient (Wildman–Crippen LogP) is 4.68. The number of nitrogens with zero attached hydrogens (tertiary/aromatic N) is 2. The van der Waals surface area contributed by atoms with Gasteiger partial charge in [-0.1, -0.05) is 12.1 Å². The predicted molar refractivity (Wildman–Crippen MR) is 141 cm³/mol. The van der Waals surface area contributed by atoms with Gasteiger partial charge in [-0.25, -0.2) is 0 Å². The van der Waals surface area contributed by atoms with Crippen molar-refractivity contribution in [3.8, 4) is 5.75 Å². The first-order valence-electron chi connectivity index (χ1n) is 8.37. The van der Waals surface area contributed by atoms with Crippen LogP contribution in [0.3, 0.4) is 0 Å². The Bertz CT molecular complexity index is 989. The number of carbonyl (C=O) groups is 2. The number of halogens is 3. The maximum atomic E-state index is 12.5. The fourth-order valence-corrected chi connectivity index (χ4v) is 5.33. The van der Waals surface area contributed by atoms with E-state index in [0.29, 0.717) is 6.61 Å². The van der Waals surface area contributed by atoms with Crippen LogP contribution in [0.2, 0.25) is 0 Å². The summed E-state index contributed by atoms with van der Waals surface area (Å²) < 4.78 is 9.01. The van der Waals surface area contributed by atoms with Crippen molar-refractivity contribution in [2.24, 2.45) is 0 Å². The Morgan fingerprint density at radius 1 is 0.966 bits per heavy atom. The molecule has 2 aromatic carbocycles. The van der Waals surface area contributed by atoms with Crippen molar-refractivity contribution >= 4 is 103 Å². The second-order valence-electron chi connectivity index (χ2n) is 6.30. The van der Waals surface area contributed by atoms with Gasteiger partial charge in [0.15, 0.2) is 5.11 Å². The second kappa shape index (κ2) is 9.56. The summed E-state index contributed by atoms with van der Waals surface area (Å²) >= 11 is 11.8. The normalized spacial score (nSPS) is 14.5. The topological polar surface area (TPSA) is 49.9 Å². The van der Waals surface area contributed by atoms with Gasteiger partial charge in [-0.15, -0.1) is 0 Å². The number of likely N-dealkylation sites (N-methyl/N-ethyl adjacent to an activating group) is 2. The summed E-state index contributed by atoms with van der Waals surface area (Å²) in [4.78, 5) is 27.6. The van der Waals surface area contributed by atoms with Crippen LogP contribution in [0.15, 0.2) is 42.0 Å². The average molecular weight is 744 g/mol. The summed E-state index contributed by atoms with van der Waals surface area (Å²) in [5, 5.41) is 0.195. The van der Waals surface area contributed by atoms with E-state index in [2.05, 4.69) is 67.8 Å². The molecule has 0 bridgehead atoms. The molecular weight excluding hydrogens is 729 g/mol. The van der Waals surface area contributed by atoms with Crippen molar-refractivity contribution in [3.63, 3.8) is 0 Å². The number of benzene rings is 2. The molecule has 0 aliphatic carbocycles. The molecule has 1 aliphatic heterocycles. The third-order valence-electron chi connectivity index (χ3n) is 4.27. The maximum Gasteiger partial charge on any atom is 0.265 e. The standard InChI is InChI=1S/C20H15I3N2O3S/c1-24-18(26)14(19(27)25(2)20(24)29)7-12-8-15(22)17(16(23)9-12)28-10-11-3-5-13(21)6-4-11/h3-9H,10H2,1-2H3. The Kier molecular flexibility index (Phi) is 7.54. The minimum Gasteiger partial charge on any atom is -0.487 e. The lowest BCUT2D eigenvalue weighted by Crippen LogP contribution is -2.52. The van der Waals surface area contributed by atoms with E-state index in [0.717, 1.165) is 24.0 Å². The smallest absolute Gasteiger partial charge is 0.265 e. The molecule has 2 amide bonds. The molecule has 1 saturated heterocycles. The second-order valence-corrected chi connectivity index (χ2v) is 10.2. The van der Waals surface area contributed by atoms with Crippen LogP contribution in [0.4, 0.5) is 0 Å². The molecule has 0 spiro atoms. The van der Waals surface area contributed by atoms with E-state index in [1.807, 2.05) is 36.4 Å². The van der Waals surface area contributed by atoms with Crippen molar-refractivity contribution in [2.75, 3.05) is 14.1 Å². The van der Waals surface area contributed by atoms with Gasteiger partial charge < -0.3 is 4.74 Å². The quantitative estimate of drug-likeness (QED) is 0.198. The summed E-state index contributed by atoms with van der Waals surface area (Å²) in [5.74, 6) is -0.0204. The molecular formula is C20H15I3N2O3S. The molecule has 0 saturated carbocycles. The molecule has 0 N–H and O–H groups in total. The van der Waals surface area contributed by atoms with Gasteiger partial charge in [0.2, 0.25) is 0 Å². The number of ether oxygens (including phenoxy) is 1. The molecule has 150 valence electrons. The van der Waals surface area contributed by atoms with Crippen molar-refractivity contribution in [2.45, 2.75) is 6.61 Å². The van der Waals surface area contributed by atoms with Crippen LogP contribution in [-0.2, 0) is 16.2 Å². The lowest BCUT2D eigenvalue weighted by molar-refractivity contribution is -0.132. The van der Waals surface area contributed by atoms with E-state index in [1.165, 1.54) is 13.4 Å². The maximum absolute atomic E-state index is 12.5. The molecule has 0 atom stereocenters. The zero-order chi connectivity index (χ0) is 21.3. The first kappa shape index (κ1) is 22.9. The van der Waals surface area contributed by atoms with Gasteiger partial charge >= 0.3 is 0 Å². The van der Waals surface area contributed by atoms with Crippen molar-refractivity contribution in [1.29, 1.82) is 0 Å². The van der Waals surface area contributed by atoms with Crippen LogP contribution in [-0.4, -0.2) is 40.8 Å². The highest BCUT2D eigenvalue weighted by Crippen LogP contribution is 2.31. The number of thiocarbonyl (C=S) groups is 1. The summed E-state index contributed by atoms with van der Waals surface area (Å²) in [6, 6.07) is 12.0. The van der Waals surface area contributed by atoms with Crippen LogP contribution in [0.25, 0.3) is 6.08 Å². The third-order valence-corrected chi connectivity index (χ3v) is 7.14. The Labute approximate surface area is 215 Å². The molecule has 9 heteroatoms. The molecule has 2 aromatic rings. The molecule has 5 nitrogen and oxygen atoms in total. The van der Waals surface area contributed by atoms with Crippen LogP contribution in [0.1, 0.15) is 11.1 Å². The van der Waals surface area contributed by atoms with Gasteiger partial charge in [0.1, 0.15) is 17.9 Å². The summed E-state index contributed by atoms with van der Waals surface area (Å²) in [6.07, 6.45) is 1.60. The molecule has 1 fully saturated rings. The minimum atomic E-state index is -0.401. The fourth-order valence-electron chi connectivity index (χ4n) is 2.68. The van der Waals surface area contributed by atoms with Crippen molar-refractivity contribution < 1.29 is 14.3 Å². The summed E-state index contributed by atoms with van der Waals surface area (Å²) in [5.41, 5.74) is 1.93. The van der Waals surface area contributed by atoms with E-state index in [1.54, 1.807) is 20.2 Å². The van der Waals surface area contributed by atoms with Crippen LogP contribution in [0.5, 0.6) is 5.75 Å². The molecule has 1 heterocycles. The SMILES string of the molecule is CN1C(=O)C(=Cc2cc(I)c(OCc3ccc(I)cc3)c(I)c2)C(=O)N(C)C1=S. The summed E-state index contributed by atoms with van der Waals surface area (Å²) in [6.45, 7) is 0.466. The van der Waals surface area contributed by atoms with Gasteiger partial charge in [0.25, 0.3) is 11.8 Å². The largest absolute Gasteiger partial charge is 0.487 e. The molecule has 0 aromatic heterocycles. The van der Waals surface area contributed by atoms with E-state index in [4.69, 9.17) is 17.0 Å². The third kappa shape index (κ3) is 5.10. The number of rotatable bonds is 4. The highest BCUT2D eigenvalue weighted by Gasteiger charge is 2.35. The van der Waals surface area contributed by atoms with E-state index in [9.17, 15) is 9.59 Å². The zero-order valence-electron chi connectivity index (χ0n) is 15.4. The van der Waals surface area contributed by atoms with Gasteiger partial charge in [0, 0.05) is 17.7 Å². The Hall–Kier alpha value is -0.800. The average Bonchev–Trinajstić information content (AvgIpc) is 2.69. The Morgan fingerprint density at radius 2 is 1.48 bits per heavy atom. The van der Waals surface area contributed by atoms with Crippen molar-refractivity contribution in [3.05, 3.63) is 63.8 Å². The minimum absolute atomic E-state index is 0.0859.